The smallest absolute Gasteiger partial charge is 0.335 e. The van der Waals surface area contributed by atoms with Gasteiger partial charge in [-0.05, 0) is 48.9 Å². The van der Waals surface area contributed by atoms with E-state index in [1.807, 2.05) is 0 Å². The molecule has 3 rings (SSSR count). The van der Waals surface area contributed by atoms with Gasteiger partial charge in [-0.3, -0.25) is 9.69 Å². The van der Waals surface area contributed by atoms with Crippen molar-refractivity contribution in [2.75, 3.05) is 19.7 Å². The number of amides is 1. The zero-order valence-electron chi connectivity index (χ0n) is 17.5. The van der Waals surface area contributed by atoms with Gasteiger partial charge in [-0.15, -0.1) is 0 Å². The molecule has 0 spiro atoms. The molecule has 0 unspecified atom stereocenters. The Balaban J connectivity index is 1.86. The summed E-state index contributed by atoms with van der Waals surface area (Å²) in [5.41, 5.74) is 3.50. The van der Waals surface area contributed by atoms with E-state index in [0.29, 0.717) is 32.0 Å². The van der Waals surface area contributed by atoms with E-state index in [2.05, 4.69) is 41.4 Å². The van der Waals surface area contributed by atoms with E-state index in [1.54, 1.807) is 18.2 Å². The number of aromatic carboxylic acids is 1. The molecule has 0 saturated heterocycles. The number of hydrogen-bond donors (Lipinski definition) is 2. The van der Waals surface area contributed by atoms with Gasteiger partial charge in [0.05, 0.1) is 18.7 Å². The molecule has 0 radical (unpaired) electrons. The quantitative estimate of drug-likeness (QED) is 0.805. The van der Waals surface area contributed by atoms with E-state index in [-0.39, 0.29) is 18.0 Å². The maximum atomic E-state index is 12.5. The summed E-state index contributed by atoms with van der Waals surface area (Å²) >= 11 is 0. The molecule has 2 N–H and O–H groups in total. The molecule has 0 aromatic heterocycles. The molecule has 30 heavy (non-hydrogen) atoms. The van der Waals surface area contributed by atoms with Crippen LogP contribution >= 0.6 is 0 Å². The number of hydrogen-bond acceptors (Lipinski definition) is 4. The average Bonchev–Trinajstić information content (AvgIpc) is 2.75. The predicted molar refractivity (Wildman–Crippen MR) is 116 cm³/mol. The van der Waals surface area contributed by atoms with E-state index in [0.717, 1.165) is 36.8 Å². The van der Waals surface area contributed by atoms with Crippen molar-refractivity contribution in [3.63, 3.8) is 0 Å². The summed E-state index contributed by atoms with van der Waals surface area (Å²) in [7, 11) is 0. The Hall–Kier alpha value is -2.86. The van der Waals surface area contributed by atoms with Gasteiger partial charge in [-0.1, -0.05) is 37.3 Å². The molecule has 1 aliphatic heterocycles. The zero-order chi connectivity index (χ0) is 21.3. The van der Waals surface area contributed by atoms with E-state index in [1.165, 1.54) is 5.56 Å². The molecule has 1 amide bonds. The number of rotatable bonds is 4. The van der Waals surface area contributed by atoms with Crippen molar-refractivity contribution >= 4 is 11.9 Å². The van der Waals surface area contributed by atoms with Gasteiger partial charge in [0, 0.05) is 25.2 Å². The fourth-order valence-electron chi connectivity index (χ4n) is 3.57. The normalized spacial score (nSPS) is 16.2. The number of aryl methyl sites for hydroxylation is 1. The molecule has 0 bridgehead atoms. The van der Waals surface area contributed by atoms with Crippen molar-refractivity contribution in [3.05, 3.63) is 64.7 Å². The highest BCUT2D eigenvalue weighted by Gasteiger charge is 2.17. The van der Waals surface area contributed by atoms with Crippen molar-refractivity contribution in [1.82, 2.24) is 10.2 Å². The van der Waals surface area contributed by atoms with Crippen LogP contribution in [0.2, 0.25) is 0 Å². The van der Waals surface area contributed by atoms with Crippen LogP contribution in [0.4, 0.5) is 0 Å². The Morgan fingerprint density at radius 3 is 2.57 bits per heavy atom. The first-order chi connectivity index (χ1) is 14.5. The highest BCUT2D eigenvalue weighted by Crippen LogP contribution is 2.24. The maximum absolute atomic E-state index is 12.5. The van der Waals surface area contributed by atoms with E-state index >= 15 is 0 Å². The zero-order valence-corrected chi connectivity index (χ0v) is 17.5. The summed E-state index contributed by atoms with van der Waals surface area (Å²) in [6.45, 7) is 4.71. The Bertz CT molecular complexity index is 864. The highest BCUT2D eigenvalue weighted by molar-refractivity contribution is 5.88. The van der Waals surface area contributed by atoms with Gasteiger partial charge >= 0.3 is 5.97 Å². The molecule has 2 aromatic rings. The number of fused-ring (bicyclic) bond motifs is 1. The fourth-order valence-corrected chi connectivity index (χ4v) is 3.57. The van der Waals surface area contributed by atoms with Crippen molar-refractivity contribution in [3.8, 4) is 5.75 Å². The summed E-state index contributed by atoms with van der Waals surface area (Å²) in [5, 5.41) is 12.3. The standard InChI is InChI=1S/C24H30N2O4/c1-2-18-6-8-19(9-7-18)15-26-16-21-11-10-20(24(28)29)14-22(21)30-13-5-3-4-12-25-23(27)17-26/h6-11,14H,2-5,12-13,15-17H2,1H3,(H,25,27)(H,28,29). The summed E-state index contributed by atoms with van der Waals surface area (Å²) in [6, 6.07) is 13.4. The molecule has 1 aliphatic rings. The van der Waals surface area contributed by atoms with Gasteiger partial charge < -0.3 is 15.2 Å². The molecule has 0 atom stereocenters. The molecule has 0 saturated carbocycles. The van der Waals surface area contributed by atoms with Crippen molar-refractivity contribution in [2.45, 2.75) is 45.7 Å². The average molecular weight is 411 g/mol. The lowest BCUT2D eigenvalue weighted by Gasteiger charge is -2.23. The topological polar surface area (TPSA) is 78.9 Å². The van der Waals surface area contributed by atoms with Gasteiger partial charge in [0.15, 0.2) is 0 Å². The van der Waals surface area contributed by atoms with Gasteiger partial charge in [0.25, 0.3) is 0 Å². The number of nitrogens with one attached hydrogen (secondary N) is 1. The van der Waals surface area contributed by atoms with Crippen LogP contribution < -0.4 is 10.1 Å². The molecule has 6 heteroatoms. The van der Waals surface area contributed by atoms with Gasteiger partial charge in [-0.2, -0.15) is 0 Å². The van der Waals surface area contributed by atoms with Crippen molar-refractivity contribution in [1.29, 1.82) is 0 Å². The monoisotopic (exact) mass is 410 g/mol. The first-order valence-corrected chi connectivity index (χ1v) is 10.6. The van der Waals surface area contributed by atoms with E-state index in [4.69, 9.17) is 4.74 Å². The van der Waals surface area contributed by atoms with Crippen LogP contribution in [0, 0.1) is 0 Å². The summed E-state index contributed by atoms with van der Waals surface area (Å²) < 4.78 is 5.95. The second kappa shape index (κ2) is 10.8. The minimum atomic E-state index is -0.975. The van der Waals surface area contributed by atoms with Gasteiger partial charge in [0.2, 0.25) is 5.91 Å². The lowest BCUT2D eigenvalue weighted by Crippen LogP contribution is -2.37. The molecule has 160 valence electrons. The number of carbonyl (C=O) groups excluding carboxylic acids is 1. The Morgan fingerprint density at radius 1 is 1.07 bits per heavy atom. The molecular formula is C24H30N2O4. The molecule has 2 aromatic carbocycles. The summed E-state index contributed by atoms with van der Waals surface area (Å²) in [4.78, 5) is 25.9. The van der Waals surface area contributed by atoms with Crippen LogP contribution in [0.5, 0.6) is 5.75 Å². The summed E-state index contributed by atoms with van der Waals surface area (Å²) in [6.07, 6.45) is 3.69. The first kappa shape index (κ1) is 21.8. The predicted octanol–water partition coefficient (Wildman–Crippen LogP) is 3.63. The second-order valence-electron chi connectivity index (χ2n) is 7.70. The third kappa shape index (κ3) is 6.32. The lowest BCUT2D eigenvalue weighted by atomic mass is 10.1. The van der Waals surface area contributed by atoms with Crippen LogP contribution in [-0.2, 0) is 24.3 Å². The number of carboxylic acids is 1. The molecular weight excluding hydrogens is 380 g/mol. The Morgan fingerprint density at radius 2 is 1.83 bits per heavy atom. The molecule has 6 nitrogen and oxygen atoms in total. The minimum Gasteiger partial charge on any atom is -0.493 e. The van der Waals surface area contributed by atoms with Crippen molar-refractivity contribution in [2.24, 2.45) is 0 Å². The largest absolute Gasteiger partial charge is 0.493 e. The maximum Gasteiger partial charge on any atom is 0.335 e. The fraction of sp³-hybridized carbons (Fsp3) is 0.417. The van der Waals surface area contributed by atoms with Crippen molar-refractivity contribution < 1.29 is 19.4 Å². The van der Waals surface area contributed by atoms with Gasteiger partial charge in [-0.25, -0.2) is 4.79 Å². The molecule has 0 fully saturated rings. The third-order valence-corrected chi connectivity index (χ3v) is 5.31. The minimum absolute atomic E-state index is 0.00375. The van der Waals surface area contributed by atoms with Crippen LogP contribution in [0.15, 0.2) is 42.5 Å². The first-order valence-electron chi connectivity index (χ1n) is 10.6. The van der Waals surface area contributed by atoms with Crippen LogP contribution in [0.25, 0.3) is 0 Å². The SMILES string of the molecule is CCc1ccc(CN2CC(=O)NCCCCCOc3cc(C(=O)O)ccc3C2)cc1. The highest BCUT2D eigenvalue weighted by atomic mass is 16.5. The number of ether oxygens (including phenoxy) is 1. The molecule has 1 heterocycles. The van der Waals surface area contributed by atoms with Crippen LogP contribution in [-0.4, -0.2) is 41.6 Å². The third-order valence-electron chi connectivity index (χ3n) is 5.31. The second-order valence-corrected chi connectivity index (χ2v) is 7.70. The summed E-state index contributed by atoms with van der Waals surface area (Å²) in [5.74, 6) is -0.388. The van der Waals surface area contributed by atoms with Gasteiger partial charge in [0.1, 0.15) is 5.75 Å². The number of carboxylic acid groups (broad SMARTS) is 1. The van der Waals surface area contributed by atoms with Crippen LogP contribution in [0.3, 0.4) is 0 Å². The van der Waals surface area contributed by atoms with Crippen LogP contribution in [0.1, 0.15) is 53.2 Å². The van der Waals surface area contributed by atoms with E-state index < -0.39 is 5.97 Å². The molecule has 0 aliphatic carbocycles. The number of benzene rings is 2. The number of nitrogens with zero attached hydrogens (tertiary/aromatic N) is 1. The number of carbonyl (C=O) groups is 2. The van der Waals surface area contributed by atoms with E-state index in [9.17, 15) is 14.7 Å². The lowest BCUT2D eigenvalue weighted by molar-refractivity contribution is -0.122. The Kier molecular flexibility index (Phi) is 7.85. The Labute approximate surface area is 177 Å².